The molecule has 41 heavy (non-hydrogen) atoms. The molecule has 0 saturated heterocycles. The highest BCUT2D eigenvalue weighted by atomic mass is 16.5. The average Bonchev–Trinajstić information content (AvgIpc) is 3.27. The number of carboxylic acid groups (broad SMARTS) is 1. The number of rotatable bonds is 12. The van der Waals surface area contributed by atoms with E-state index in [1.54, 1.807) is 26.0 Å². The van der Waals surface area contributed by atoms with Crippen molar-refractivity contribution in [2.75, 3.05) is 31.2 Å². The highest BCUT2D eigenvalue weighted by Crippen LogP contribution is 2.44. The molecule has 0 spiro atoms. The van der Waals surface area contributed by atoms with Crippen LogP contribution >= 0.6 is 0 Å². The smallest absolute Gasteiger partial charge is 0.407 e. The van der Waals surface area contributed by atoms with Gasteiger partial charge in [-0.15, -0.1) is 0 Å². The van der Waals surface area contributed by atoms with Crippen LogP contribution in [0.3, 0.4) is 0 Å². The van der Waals surface area contributed by atoms with Gasteiger partial charge in [-0.1, -0.05) is 60.7 Å². The first kappa shape index (κ1) is 29.8. The van der Waals surface area contributed by atoms with Gasteiger partial charge in [0, 0.05) is 24.2 Å². The minimum absolute atomic E-state index is 0.0524. The number of carbonyl (C=O) groups excluding carboxylic acids is 2. The molecular formula is C32H37N3O6. The van der Waals surface area contributed by atoms with E-state index in [1.165, 1.54) is 4.90 Å². The number of fused-ring (bicyclic) bond motifs is 3. The molecule has 0 bridgehead atoms. The van der Waals surface area contributed by atoms with E-state index in [0.29, 0.717) is 18.5 Å². The molecule has 5 N–H and O–H groups in total. The Morgan fingerprint density at radius 3 is 2.12 bits per heavy atom. The lowest BCUT2D eigenvalue weighted by atomic mass is 9.84. The zero-order chi connectivity index (χ0) is 29.6. The van der Waals surface area contributed by atoms with Crippen LogP contribution in [0.15, 0.2) is 72.8 Å². The molecule has 1 aliphatic rings. The van der Waals surface area contributed by atoms with Crippen molar-refractivity contribution in [3.63, 3.8) is 0 Å². The number of nitrogens with two attached hydrogens (primary N) is 1. The summed E-state index contributed by atoms with van der Waals surface area (Å²) in [5.74, 6) is -1.38. The van der Waals surface area contributed by atoms with E-state index in [-0.39, 0.29) is 38.3 Å². The van der Waals surface area contributed by atoms with Crippen molar-refractivity contribution in [3.05, 3.63) is 89.5 Å². The zero-order valence-corrected chi connectivity index (χ0v) is 23.4. The Kier molecular flexibility index (Phi) is 9.42. The summed E-state index contributed by atoms with van der Waals surface area (Å²) < 4.78 is 5.52. The standard InChI is InChI=1S/C32H37N3O6/c1-32(2,30(38)39)18-22(33)17-21-11-13-23(14-12-21)35(15-16-36)29(37)19-34-31(40)41-20-28-26-9-5-3-7-24(26)25-8-4-6-10-27(25)28/h3-14,22,28,36H,15-20,33H2,1-2H3,(H,34,40)(H,38,39)/t22-/m0/s1. The lowest BCUT2D eigenvalue weighted by Crippen LogP contribution is -2.42. The van der Waals surface area contributed by atoms with Crippen LogP contribution in [0.25, 0.3) is 11.1 Å². The van der Waals surface area contributed by atoms with E-state index in [4.69, 9.17) is 10.5 Å². The molecule has 0 radical (unpaired) electrons. The number of aliphatic hydroxyl groups is 1. The van der Waals surface area contributed by atoms with Crippen molar-refractivity contribution in [2.24, 2.45) is 11.1 Å². The maximum atomic E-state index is 13.0. The Balaban J connectivity index is 1.31. The topological polar surface area (TPSA) is 142 Å². The van der Waals surface area contributed by atoms with Gasteiger partial charge in [0.15, 0.2) is 0 Å². The molecule has 0 unspecified atom stereocenters. The molecule has 3 aromatic carbocycles. The molecule has 3 aromatic rings. The van der Waals surface area contributed by atoms with E-state index in [2.05, 4.69) is 17.4 Å². The predicted molar refractivity (Wildman–Crippen MR) is 157 cm³/mol. The molecule has 0 fully saturated rings. The number of hydrogen-bond donors (Lipinski definition) is 4. The SMILES string of the molecule is CC(C)(C[C@@H](N)Cc1ccc(N(CCO)C(=O)CNC(=O)OCC2c3ccccc3-c3ccccc32)cc1)C(=O)O. The first-order chi connectivity index (χ1) is 19.6. The van der Waals surface area contributed by atoms with Gasteiger partial charge in [-0.2, -0.15) is 0 Å². The van der Waals surface area contributed by atoms with Gasteiger partial charge in [0.2, 0.25) is 5.91 Å². The summed E-state index contributed by atoms with van der Waals surface area (Å²) in [5.41, 5.74) is 11.2. The van der Waals surface area contributed by atoms with Gasteiger partial charge in [-0.05, 0) is 66.6 Å². The summed E-state index contributed by atoms with van der Waals surface area (Å²) in [6, 6.07) is 22.9. The Morgan fingerprint density at radius 2 is 1.56 bits per heavy atom. The minimum atomic E-state index is -0.927. The highest BCUT2D eigenvalue weighted by molar-refractivity contribution is 5.96. The predicted octanol–water partition coefficient (Wildman–Crippen LogP) is 3.92. The van der Waals surface area contributed by atoms with Crippen molar-refractivity contribution >= 4 is 23.7 Å². The van der Waals surface area contributed by atoms with Gasteiger partial charge in [-0.3, -0.25) is 9.59 Å². The van der Waals surface area contributed by atoms with Gasteiger partial charge < -0.3 is 30.9 Å². The molecule has 216 valence electrons. The largest absolute Gasteiger partial charge is 0.481 e. The van der Waals surface area contributed by atoms with Crippen molar-refractivity contribution in [3.8, 4) is 11.1 Å². The first-order valence-electron chi connectivity index (χ1n) is 13.7. The molecule has 1 aliphatic carbocycles. The van der Waals surface area contributed by atoms with Crippen LogP contribution in [-0.2, 0) is 20.7 Å². The summed E-state index contributed by atoms with van der Waals surface area (Å²) >= 11 is 0. The Morgan fingerprint density at radius 1 is 0.976 bits per heavy atom. The highest BCUT2D eigenvalue weighted by Gasteiger charge is 2.30. The molecule has 0 aromatic heterocycles. The summed E-state index contributed by atoms with van der Waals surface area (Å²) in [5, 5.41) is 21.4. The fourth-order valence-electron chi connectivity index (χ4n) is 5.32. The molecule has 4 rings (SSSR count). The number of amides is 2. The summed E-state index contributed by atoms with van der Waals surface area (Å²) in [6.45, 7) is 2.93. The van der Waals surface area contributed by atoms with E-state index >= 15 is 0 Å². The lowest BCUT2D eigenvalue weighted by molar-refractivity contribution is -0.147. The molecule has 0 saturated carbocycles. The van der Waals surface area contributed by atoms with Crippen molar-refractivity contribution in [2.45, 2.75) is 38.6 Å². The number of nitrogens with zero attached hydrogens (tertiary/aromatic N) is 1. The normalized spacial score (nSPS) is 13.2. The van der Waals surface area contributed by atoms with Crippen molar-refractivity contribution < 1.29 is 29.3 Å². The zero-order valence-electron chi connectivity index (χ0n) is 23.4. The third-order valence-electron chi connectivity index (χ3n) is 7.45. The molecular weight excluding hydrogens is 522 g/mol. The van der Waals surface area contributed by atoms with E-state index < -0.39 is 23.4 Å². The van der Waals surface area contributed by atoms with Crippen LogP contribution in [0.1, 0.15) is 42.9 Å². The van der Waals surface area contributed by atoms with Gasteiger partial charge in [-0.25, -0.2) is 4.79 Å². The Hall–Kier alpha value is -4.21. The van der Waals surface area contributed by atoms with Gasteiger partial charge in [0.1, 0.15) is 13.2 Å². The second-order valence-corrected chi connectivity index (χ2v) is 11.0. The van der Waals surface area contributed by atoms with Crippen LogP contribution in [0.2, 0.25) is 0 Å². The number of nitrogens with one attached hydrogen (secondary N) is 1. The number of carbonyl (C=O) groups is 3. The molecule has 9 heteroatoms. The van der Waals surface area contributed by atoms with Crippen LogP contribution < -0.4 is 16.0 Å². The van der Waals surface area contributed by atoms with E-state index in [0.717, 1.165) is 27.8 Å². The van der Waals surface area contributed by atoms with Crippen molar-refractivity contribution in [1.29, 1.82) is 0 Å². The number of carboxylic acids is 1. The number of aliphatic carboxylic acids is 1. The summed E-state index contributed by atoms with van der Waals surface area (Å²) in [7, 11) is 0. The quantitative estimate of drug-likeness (QED) is 0.263. The maximum Gasteiger partial charge on any atom is 0.407 e. The molecule has 1 atom stereocenters. The van der Waals surface area contributed by atoms with E-state index in [1.807, 2.05) is 48.5 Å². The number of alkyl carbamates (subject to hydrolysis) is 1. The fraction of sp³-hybridized carbons (Fsp3) is 0.344. The number of ether oxygens (including phenoxy) is 1. The number of benzene rings is 3. The van der Waals surface area contributed by atoms with Crippen molar-refractivity contribution in [1.82, 2.24) is 5.32 Å². The fourth-order valence-corrected chi connectivity index (χ4v) is 5.32. The van der Waals surface area contributed by atoms with Crippen LogP contribution in [0, 0.1) is 5.41 Å². The number of anilines is 1. The molecule has 2 amide bonds. The lowest BCUT2D eigenvalue weighted by Gasteiger charge is -2.24. The third-order valence-corrected chi connectivity index (χ3v) is 7.45. The van der Waals surface area contributed by atoms with Gasteiger partial charge in [0.25, 0.3) is 0 Å². The molecule has 0 heterocycles. The van der Waals surface area contributed by atoms with Gasteiger partial charge in [0.05, 0.1) is 12.0 Å². The summed E-state index contributed by atoms with van der Waals surface area (Å²) in [4.78, 5) is 38.3. The maximum absolute atomic E-state index is 13.0. The van der Waals surface area contributed by atoms with Crippen LogP contribution in [0.4, 0.5) is 10.5 Å². The summed E-state index contributed by atoms with van der Waals surface area (Å²) in [6.07, 6.45) is 0.104. The van der Waals surface area contributed by atoms with E-state index in [9.17, 15) is 24.6 Å². The second-order valence-electron chi connectivity index (χ2n) is 11.0. The molecule has 9 nitrogen and oxygen atoms in total. The van der Waals surface area contributed by atoms with Crippen LogP contribution in [0.5, 0.6) is 0 Å². The second kappa shape index (κ2) is 13.0. The Labute approximate surface area is 239 Å². The number of hydrogen-bond acceptors (Lipinski definition) is 6. The third kappa shape index (κ3) is 7.11. The van der Waals surface area contributed by atoms with Gasteiger partial charge >= 0.3 is 12.1 Å². The average molecular weight is 560 g/mol. The Bertz CT molecular complexity index is 1340. The monoisotopic (exact) mass is 559 g/mol. The van der Waals surface area contributed by atoms with Crippen LogP contribution in [-0.4, -0.2) is 60.5 Å². The first-order valence-corrected chi connectivity index (χ1v) is 13.7. The minimum Gasteiger partial charge on any atom is -0.481 e. The number of aliphatic hydroxyl groups excluding tert-OH is 1. The molecule has 0 aliphatic heterocycles.